The van der Waals surface area contributed by atoms with Gasteiger partial charge in [0.2, 0.25) is 10.0 Å². The van der Waals surface area contributed by atoms with E-state index in [1.54, 1.807) is 42.5 Å². The third kappa shape index (κ3) is 4.30. The molecule has 6 nitrogen and oxygen atoms in total. The molecule has 0 aliphatic carbocycles. The molecule has 1 heterocycles. The SMILES string of the molecule is CC(=O)c1cccc(OCc2cccc(S(=O)(=O)N3CCOCC3)c2)c1. The van der Waals surface area contributed by atoms with Crippen molar-refractivity contribution in [2.45, 2.75) is 18.4 Å². The predicted octanol–water partition coefficient (Wildman–Crippen LogP) is 2.49. The van der Waals surface area contributed by atoms with Gasteiger partial charge in [0.15, 0.2) is 5.78 Å². The summed E-state index contributed by atoms with van der Waals surface area (Å²) in [5.41, 5.74) is 1.32. The van der Waals surface area contributed by atoms with Crippen molar-refractivity contribution < 1.29 is 22.7 Å². The molecule has 0 spiro atoms. The van der Waals surface area contributed by atoms with Crippen LogP contribution in [-0.4, -0.2) is 44.8 Å². The Bertz CT molecular complexity index is 888. The Morgan fingerprint density at radius 2 is 1.85 bits per heavy atom. The third-order valence-electron chi connectivity index (χ3n) is 4.15. The number of ketones is 1. The Hall–Kier alpha value is -2.22. The number of ether oxygens (including phenoxy) is 2. The number of sulfonamides is 1. The van der Waals surface area contributed by atoms with E-state index >= 15 is 0 Å². The Kier molecular flexibility index (Phi) is 5.70. The van der Waals surface area contributed by atoms with Crippen LogP contribution in [0, 0.1) is 0 Å². The lowest BCUT2D eigenvalue weighted by Gasteiger charge is -2.26. The summed E-state index contributed by atoms with van der Waals surface area (Å²) in [6.45, 7) is 3.26. The number of rotatable bonds is 6. The van der Waals surface area contributed by atoms with Crippen LogP contribution in [0.15, 0.2) is 53.4 Å². The minimum Gasteiger partial charge on any atom is -0.489 e. The van der Waals surface area contributed by atoms with E-state index in [1.807, 2.05) is 6.07 Å². The molecule has 0 saturated carbocycles. The fraction of sp³-hybridized carbons (Fsp3) is 0.316. The maximum absolute atomic E-state index is 12.7. The van der Waals surface area contributed by atoms with Gasteiger partial charge in [0, 0.05) is 18.7 Å². The normalized spacial score (nSPS) is 15.6. The van der Waals surface area contributed by atoms with Gasteiger partial charge >= 0.3 is 0 Å². The molecule has 0 N–H and O–H groups in total. The number of hydrogen-bond donors (Lipinski definition) is 0. The standard InChI is InChI=1S/C19H21NO5S/c1-15(21)17-5-3-6-18(13-17)25-14-16-4-2-7-19(12-16)26(22,23)20-8-10-24-11-9-20/h2-7,12-13H,8-11,14H2,1H3. The van der Waals surface area contributed by atoms with Crippen LogP contribution >= 0.6 is 0 Å². The zero-order valence-electron chi connectivity index (χ0n) is 14.6. The number of morpholine rings is 1. The van der Waals surface area contributed by atoms with Gasteiger partial charge in [-0.2, -0.15) is 4.31 Å². The number of hydrogen-bond acceptors (Lipinski definition) is 5. The highest BCUT2D eigenvalue weighted by Crippen LogP contribution is 2.20. The highest BCUT2D eigenvalue weighted by molar-refractivity contribution is 7.89. The number of carbonyl (C=O) groups excluding carboxylic acids is 1. The van der Waals surface area contributed by atoms with Gasteiger partial charge in [0.05, 0.1) is 18.1 Å². The molecule has 0 atom stereocenters. The summed E-state index contributed by atoms with van der Waals surface area (Å²) in [5.74, 6) is 0.535. The molecule has 2 aromatic rings. The van der Waals surface area contributed by atoms with E-state index in [2.05, 4.69) is 0 Å². The first-order chi connectivity index (χ1) is 12.5. The molecule has 0 unspecified atom stereocenters. The minimum absolute atomic E-state index is 0.0333. The summed E-state index contributed by atoms with van der Waals surface area (Å²) >= 11 is 0. The molecular weight excluding hydrogens is 354 g/mol. The molecule has 7 heteroatoms. The van der Waals surface area contributed by atoms with Crippen molar-refractivity contribution in [2.75, 3.05) is 26.3 Å². The van der Waals surface area contributed by atoms with Crippen LogP contribution in [0.25, 0.3) is 0 Å². The average Bonchev–Trinajstić information content (AvgIpc) is 2.67. The molecule has 0 aromatic heterocycles. The second-order valence-electron chi connectivity index (χ2n) is 6.04. The topological polar surface area (TPSA) is 72.9 Å². The molecule has 0 bridgehead atoms. The Morgan fingerprint density at radius 3 is 2.58 bits per heavy atom. The fourth-order valence-corrected chi connectivity index (χ4v) is 4.18. The van der Waals surface area contributed by atoms with Gasteiger partial charge in [0.1, 0.15) is 12.4 Å². The Balaban J connectivity index is 1.73. The maximum atomic E-state index is 12.7. The van der Waals surface area contributed by atoms with Crippen LogP contribution in [0.2, 0.25) is 0 Å². The van der Waals surface area contributed by atoms with Crippen LogP contribution in [0.4, 0.5) is 0 Å². The number of Topliss-reactive ketones (excluding diaryl/α,β-unsaturated/α-hetero) is 1. The van der Waals surface area contributed by atoms with Gasteiger partial charge in [-0.1, -0.05) is 24.3 Å². The zero-order valence-corrected chi connectivity index (χ0v) is 15.4. The van der Waals surface area contributed by atoms with E-state index in [0.29, 0.717) is 37.6 Å². The molecule has 0 amide bonds. The first-order valence-corrected chi connectivity index (χ1v) is 9.81. The van der Waals surface area contributed by atoms with E-state index in [-0.39, 0.29) is 17.3 Å². The Labute approximate surface area is 153 Å². The number of carbonyl (C=O) groups is 1. The largest absolute Gasteiger partial charge is 0.489 e. The van der Waals surface area contributed by atoms with Gasteiger partial charge in [0.25, 0.3) is 0 Å². The average molecular weight is 375 g/mol. The van der Waals surface area contributed by atoms with Crippen LogP contribution < -0.4 is 4.74 Å². The Morgan fingerprint density at radius 1 is 1.12 bits per heavy atom. The van der Waals surface area contributed by atoms with Gasteiger partial charge in [-0.15, -0.1) is 0 Å². The van der Waals surface area contributed by atoms with E-state index in [0.717, 1.165) is 5.56 Å². The maximum Gasteiger partial charge on any atom is 0.243 e. The van der Waals surface area contributed by atoms with Crippen molar-refractivity contribution in [3.8, 4) is 5.75 Å². The van der Waals surface area contributed by atoms with Crippen molar-refractivity contribution >= 4 is 15.8 Å². The first kappa shape index (κ1) is 18.6. The van der Waals surface area contributed by atoms with Crippen molar-refractivity contribution in [3.63, 3.8) is 0 Å². The second kappa shape index (κ2) is 7.99. The van der Waals surface area contributed by atoms with E-state index in [1.165, 1.54) is 11.2 Å². The van der Waals surface area contributed by atoms with Gasteiger partial charge < -0.3 is 9.47 Å². The van der Waals surface area contributed by atoms with Crippen LogP contribution in [0.1, 0.15) is 22.8 Å². The quantitative estimate of drug-likeness (QED) is 0.726. The van der Waals surface area contributed by atoms with Gasteiger partial charge in [-0.05, 0) is 36.8 Å². The monoisotopic (exact) mass is 375 g/mol. The van der Waals surface area contributed by atoms with Crippen LogP contribution in [0.5, 0.6) is 5.75 Å². The lowest BCUT2D eigenvalue weighted by Crippen LogP contribution is -2.40. The lowest BCUT2D eigenvalue weighted by atomic mass is 10.1. The zero-order chi connectivity index (χ0) is 18.6. The second-order valence-corrected chi connectivity index (χ2v) is 7.97. The summed E-state index contributed by atoms with van der Waals surface area (Å²) in [6, 6.07) is 13.7. The van der Waals surface area contributed by atoms with Crippen LogP contribution in [-0.2, 0) is 21.4 Å². The smallest absolute Gasteiger partial charge is 0.243 e. The number of benzene rings is 2. The van der Waals surface area contributed by atoms with Gasteiger partial charge in [-0.3, -0.25) is 4.79 Å². The fourth-order valence-electron chi connectivity index (χ4n) is 2.70. The summed E-state index contributed by atoms with van der Waals surface area (Å²) in [5, 5.41) is 0. The summed E-state index contributed by atoms with van der Waals surface area (Å²) in [7, 11) is -3.53. The first-order valence-electron chi connectivity index (χ1n) is 8.37. The van der Waals surface area contributed by atoms with E-state index < -0.39 is 10.0 Å². The molecule has 1 fully saturated rings. The molecule has 138 valence electrons. The van der Waals surface area contributed by atoms with Crippen LogP contribution in [0.3, 0.4) is 0 Å². The molecule has 2 aromatic carbocycles. The lowest BCUT2D eigenvalue weighted by molar-refractivity contribution is 0.0730. The van der Waals surface area contributed by atoms with Crippen molar-refractivity contribution in [3.05, 3.63) is 59.7 Å². The summed E-state index contributed by atoms with van der Waals surface area (Å²) in [6.07, 6.45) is 0. The summed E-state index contributed by atoms with van der Waals surface area (Å²) < 4.78 is 37.8. The molecule has 1 saturated heterocycles. The highest BCUT2D eigenvalue weighted by Gasteiger charge is 2.26. The molecular formula is C19H21NO5S. The van der Waals surface area contributed by atoms with E-state index in [9.17, 15) is 13.2 Å². The minimum atomic E-state index is -3.53. The highest BCUT2D eigenvalue weighted by atomic mass is 32.2. The van der Waals surface area contributed by atoms with E-state index in [4.69, 9.17) is 9.47 Å². The van der Waals surface area contributed by atoms with Crippen molar-refractivity contribution in [1.29, 1.82) is 0 Å². The van der Waals surface area contributed by atoms with Gasteiger partial charge in [-0.25, -0.2) is 8.42 Å². The molecule has 0 radical (unpaired) electrons. The third-order valence-corrected chi connectivity index (χ3v) is 6.05. The van der Waals surface area contributed by atoms with Crippen molar-refractivity contribution in [2.24, 2.45) is 0 Å². The molecule has 26 heavy (non-hydrogen) atoms. The predicted molar refractivity (Wildman–Crippen MR) is 96.8 cm³/mol. The van der Waals surface area contributed by atoms with Crippen molar-refractivity contribution in [1.82, 2.24) is 4.31 Å². The number of nitrogens with zero attached hydrogens (tertiary/aromatic N) is 1. The molecule has 3 rings (SSSR count). The summed E-state index contributed by atoms with van der Waals surface area (Å²) in [4.78, 5) is 11.7. The molecule has 1 aliphatic heterocycles. The molecule has 1 aliphatic rings.